The number of benzene rings is 1. The fourth-order valence-corrected chi connectivity index (χ4v) is 1.65. The molecule has 2 nitrogen and oxygen atoms in total. The fourth-order valence-electron chi connectivity index (χ4n) is 1.55. The lowest BCUT2D eigenvalue weighted by Gasteiger charge is -2.05. The highest BCUT2D eigenvalue weighted by Gasteiger charge is 2.03. The van der Waals surface area contributed by atoms with Gasteiger partial charge in [-0.05, 0) is 19.4 Å². The van der Waals surface area contributed by atoms with Crippen LogP contribution in [-0.2, 0) is 0 Å². The zero-order valence-corrected chi connectivity index (χ0v) is 9.42. The van der Waals surface area contributed by atoms with Crippen LogP contribution in [0.15, 0.2) is 30.6 Å². The summed E-state index contributed by atoms with van der Waals surface area (Å²) < 4.78 is 0. The smallest absolute Gasteiger partial charge is 0.147 e. The van der Waals surface area contributed by atoms with Crippen molar-refractivity contribution in [3.05, 3.63) is 46.9 Å². The Bertz CT molecular complexity index is 477. The van der Waals surface area contributed by atoms with Gasteiger partial charge in [0.2, 0.25) is 0 Å². The zero-order valence-electron chi connectivity index (χ0n) is 8.66. The molecule has 0 saturated carbocycles. The minimum atomic E-state index is 0.420. The third kappa shape index (κ3) is 2.16. The summed E-state index contributed by atoms with van der Waals surface area (Å²) >= 11 is 5.69. The minimum absolute atomic E-state index is 0.420. The first-order valence-electron chi connectivity index (χ1n) is 4.72. The van der Waals surface area contributed by atoms with E-state index in [1.54, 1.807) is 12.4 Å². The van der Waals surface area contributed by atoms with Crippen molar-refractivity contribution in [3.63, 3.8) is 0 Å². The van der Waals surface area contributed by atoms with Crippen molar-refractivity contribution >= 4 is 11.6 Å². The summed E-state index contributed by atoms with van der Waals surface area (Å²) in [5, 5.41) is 0.420. The molecule has 3 heteroatoms. The van der Waals surface area contributed by atoms with Gasteiger partial charge in [-0.1, -0.05) is 35.4 Å². The van der Waals surface area contributed by atoms with Crippen LogP contribution in [0.2, 0.25) is 5.15 Å². The molecule has 0 unspecified atom stereocenters. The molecule has 2 aromatic rings. The number of aromatic nitrogens is 2. The van der Waals surface area contributed by atoms with Crippen LogP contribution in [0.3, 0.4) is 0 Å². The maximum absolute atomic E-state index is 5.69. The van der Waals surface area contributed by atoms with Crippen molar-refractivity contribution in [2.75, 3.05) is 0 Å². The Balaban J connectivity index is 2.49. The van der Waals surface area contributed by atoms with Crippen LogP contribution in [0.4, 0.5) is 0 Å². The van der Waals surface area contributed by atoms with Crippen LogP contribution in [0.1, 0.15) is 11.1 Å². The van der Waals surface area contributed by atoms with Crippen molar-refractivity contribution in [1.29, 1.82) is 0 Å². The molecule has 1 heterocycles. The second kappa shape index (κ2) is 3.99. The molecule has 0 aliphatic rings. The molecule has 15 heavy (non-hydrogen) atoms. The Morgan fingerprint density at radius 1 is 1.07 bits per heavy atom. The highest BCUT2D eigenvalue weighted by atomic mass is 35.5. The van der Waals surface area contributed by atoms with E-state index in [0.717, 1.165) is 11.3 Å². The molecule has 0 spiro atoms. The molecule has 0 radical (unpaired) electrons. The number of hydrogen-bond acceptors (Lipinski definition) is 2. The number of halogens is 1. The molecular formula is C12H11ClN2. The van der Waals surface area contributed by atoms with Gasteiger partial charge < -0.3 is 0 Å². The van der Waals surface area contributed by atoms with Crippen LogP contribution in [0, 0.1) is 13.8 Å². The minimum Gasteiger partial charge on any atom is -0.251 e. The topological polar surface area (TPSA) is 25.8 Å². The number of nitrogens with zero attached hydrogens (tertiary/aromatic N) is 2. The molecule has 0 aliphatic carbocycles. The molecule has 0 N–H and O–H groups in total. The summed E-state index contributed by atoms with van der Waals surface area (Å²) in [7, 11) is 0. The number of aryl methyl sites for hydroxylation is 2. The molecule has 2 rings (SSSR count). The Kier molecular flexibility index (Phi) is 2.69. The molecule has 0 aliphatic heterocycles. The van der Waals surface area contributed by atoms with Crippen LogP contribution >= 0.6 is 11.6 Å². The van der Waals surface area contributed by atoms with Crippen LogP contribution in [0.5, 0.6) is 0 Å². The van der Waals surface area contributed by atoms with E-state index in [1.807, 2.05) is 0 Å². The second-order valence-corrected chi connectivity index (χ2v) is 3.93. The van der Waals surface area contributed by atoms with Gasteiger partial charge in [-0.2, -0.15) is 0 Å². The van der Waals surface area contributed by atoms with Gasteiger partial charge in [-0.15, -0.1) is 0 Å². The average molecular weight is 219 g/mol. The first kappa shape index (κ1) is 10.1. The molecule has 1 aromatic carbocycles. The van der Waals surface area contributed by atoms with Gasteiger partial charge in [-0.3, -0.25) is 4.98 Å². The maximum Gasteiger partial charge on any atom is 0.147 e. The van der Waals surface area contributed by atoms with E-state index in [-0.39, 0.29) is 0 Å². The lowest BCUT2D eigenvalue weighted by molar-refractivity contribution is 1.20. The van der Waals surface area contributed by atoms with E-state index in [0.29, 0.717) is 5.15 Å². The molecule has 76 valence electrons. The van der Waals surface area contributed by atoms with E-state index in [4.69, 9.17) is 11.6 Å². The lowest BCUT2D eigenvalue weighted by Crippen LogP contribution is -1.89. The van der Waals surface area contributed by atoms with E-state index in [9.17, 15) is 0 Å². The first-order valence-corrected chi connectivity index (χ1v) is 5.10. The molecular weight excluding hydrogens is 208 g/mol. The average Bonchev–Trinajstić information content (AvgIpc) is 2.20. The SMILES string of the molecule is Cc1ccc(-c2cnc(Cl)cn2)c(C)c1. The highest BCUT2D eigenvalue weighted by Crippen LogP contribution is 2.21. The second-order valence-electron chi connectivity index (χ2n) is 3.54. The lowest BCUT2D eigenvalue weighted by atomic mass is 10.0. The Labute approximate surface area is 94.0 Å². The van der Waals surface area contributed by atoms with Crippen LogP contribution in [0.25, 0.3) is 11.3 Å². The monoisotopic (exact) mass is 218 g/mol. The standard InChI is InChI=1S/C12H11ClN2/c1-8-3-4-10(9(2)5-8)11-6-15-12(13)7-14-11/h3-7H,1-2H3. The van der Waals surface area contributed by atoms with Crippen molar-refractivity contribution in [2.24, 2.45) is 0 Å². The van der Waals surface area contributed by atoms with E-state index >= 15 is 0 Å². The number of hydrogen-bond donors (Lipinski definition) is 0. The van der Waals surface area contributed by atoms with Crippen molar-refractivity contribution in [2.45, 2.75) is 13.8 Å². The summed E-state index contributed by atoms with van der Waals surface area (Å²) in [6.45, 7) is 4.14. The van der Waals surface area contributed by atoms with E-state index in [2.05, 4.69) is 42.0 Å². The van der Waals surface area contributed by atoms with Crippen molar-refractivity contribution in [1.82, 2.24) is 9.97 Å². The Hall–Kier alpha value is -1.41. The van der Waals surface area contributed by atoms with E-state index < -0.39 is 0 Å². The summed E-state index contributed by atoms with van der Waals surface area (Å²) in [5.41, 5.74) is 4.41. The van der Waals surface area contributed by atoms with Gasteiger partial charge in [0, 0.05) is 5.56 Å². The van der Waals surface area contributed by atoms with Crippen LogP contribution in [-0.4, -0.2) is 9.97 Å². The van der Waals surface area contributed by atoms with Crippen molar-refractivity contribution in [3.8, 4) is 11.3 Å². The van der Waals surface area contributed by atoms with Gasteiger partial charge >= 0.3 is 0 Å². The summed E-state index contributed by atoms with van der Waals surface area (Å²) in [6.07, 6.45) is 3.26. The van der Waals surface area contributed by atoms with Gasteiger partial charge in [0.05, 0.1) is 18.1 Å². The first-order chi connectivity index (χ1) is 7.16. The normalized spacial score (nSPS) is 10.3. The van der Waals surface area contributed by atoms with Gasteiger partial charge in [0.25, 0.3) is 0 Å². The van der Waals surface area contributed by atoms with Gasteiger partial charge in [0.1, 0.15) is 5.15 Å². The highest BCUT2D eigenvalue weighted by molar-refractivity contribution is 6.29. The molecule has 0 bridgehead atoms. The molecule has 0 fully saturated rings. The summed E-state index contributed by atoms with van der Waals surface area (Å²) in [5.74, 6) is 0. The molecule has 0 amide bonds. The third-order valence-electron chi connectivity index (χ3n) is 2.28. The van der Waals surface area contributed by atoms with Crippen LogP contribution < -0.4 is 0 Å². The third-order valence-corrected chi connectivity index (χ3v) is 2.47. The largest absolute Gasteiger partial charge is 0.251 e. The summed E-state index contributed by atoms with van der Waals surface area (Å²) in [4.78, 5) is 8.27. The van der Waals surface area contributed by atoms with Crippen molar-refractivity contribution < 1.29 is 0 Å². The Morgan fingerprint density at radius 2 is 1.87 bits per heavy atom. The van der Waals surface area contributed by atoms with Gasteiger partial charge in [0.15, 0.2) is 0 Å². The zero-order chi connectivity index (χ0) is 10.8. The maximum atomic E-state index is 5.69. The quantitative estimate of drug-likeness (QED) is 0.733. The Morgan fingerprint density at radius 3 is 2.47 bits per heavy atom. The molecule has 0 saturated heterocycles. The predicted molar refractivity (Wildman–Crippen MR) is 62.0 cm³/mol. The summed E-state index contributed by atoms with van der Waals surface area (Å²) in [6, 6.07) is 6.26. The fraction of sp³-hybridized carbons (Fsp3) is 0.167. The number of rotatable bonds is 1. The molecule has 1 aromatic heterocycles. The predicted octanol–water partition coefficient (Wildman–Crippen LogP) is 3.41. The van der Waals surface area contributed by atoms with Gasteiger partial charge in [-0.25, -0.2) is 4.98 Å². The molecule has 0 atom stereocenters. The van der Waals surface area contributed by atoms with E-state index in [1.165, 1.54) is 11.1 Å².